The van der Waals surface area contributed by atoms with Gasteiger partial charge in [-0.25, -0.2) is 0 Å². The van der Waals surface area contributed by atoms with E-state index in [0.717, 1.165) is 23.5 Å². The Bertz CT molecular complexity index is 1940. The van der Waals surface area contributed by atoms with Gasteiger partial charge in [0.05, 0.1) is 6.04 Å². The summed E-state index contributed by atoms with van der Waals surface area (Å²) in [6.07, 6.45) is 7.88. The zero-order chi connectivity index (χ0) is 31.3. The van der Waals surface area contributed by atoms with E-state index >= 15 is 0 Å². The molecule has 0 saturated heterocycles. The molecule has 0 fully saturated rings. The van der Waals surface area contributed by atoms with Gasteiger partial charge in [0.2, 0.25) is 0 Å². The molecule has 1 aliphatic rings. The van der Waals surface area contributed by atoms with E-state index in [0.29, 0.717) is 6.04 Å². The van der Waals surface area contributed by atoms with E-state index < -0.39 is 0 Å². The maximum Gasteiger partial charge on any atom is 0.0560 e. The van der Waals surface area contributed by atoms with Crippen molar-refractivity contribution in [1.82, 2.24) is 0 Å². The summed E-state index contributed by atoms with van der Waals surface area (Å²) in [6, 6.07) is 57.0. The molecule has 6 aromatic rings. The second-order valence-electron chi connectivity index (χ2n) is 12.0. The number of aryl methyl sites for hydroxylation is 1. The van der Waals surface area contributed by atoms with Crippen LogP contribution < -0.4 is 9.80 Å². The second-order valence-corrected chi connectivity index (χ2v) is 12.0. The molecule has 0 saturated carbocycles. The molecular weight excluding hydrogens is 556 g/mol. The fourth-order valence-electron chi connectivity index (χ4n) is 6.22. The van der Waals surface area contributed by atoms with Crippen LogP contribution in [0.25, 0.3) is 22.3 Å². The van der Waals surface area contributed by atoms with Gasteiger partial charge in [0.25, 0.3) is 0 Å². The lowest BCUT2D eigenvalue weighted by Gasteiger charge is -2.33. The van der Waals surface area contributed by atoms with E-state index in [1.54, 1.807) is 0 Å². The summed E-state index contributed by atoms with van der Waals surface area (Å²) >= 11 is 0. The van der Waals surface area contributed by atoms with E-state index in [1.807, 2.05) is 0 Å². The molecule has 1 atom stereocenters. The van der Waals surface area contributed by atoms with Crippen LogP contribution in [0.4, 0.5) is 28.4 Å². The summed E-state index contributed by atoms with van der Waals surface area (Å²) in [5, 5.41) is 0. The molecule has 1 aliphatic carbocycles. The Labute approximate surface area is 273 Å². The van der Waals surface area contributed by atoms with Gasteiger partial charge in [-0.2, -0.15) is 0 Å². The molecule has 0 N–H and O–H groups in total. The van der Waals surface area contributed by atoms with E-state index in [2.05, 4.69) is 200 Å². The highest BCUT2D eigenvalue weighted by atomic mass is 15.2. The van der Waals surface area contributed by atoms with Crippen molar-refractivity contribution in [2.75, 3.05) is 9.80 Å². The third-order valence-corrected chi connectivity index (χ3v) is 8.76. The van der Waals surface area contributed by atoms with Crippen LogP contribution in [0.15, 0.2) is 182 Å². The van der Waals surface area contributed by atoms with Gasteiger partial charge in [-0.05, 0) is 103 Å². The van der Waals surface area contributed by atoms with Crippen LogP contribution in [0, 0.1) is 6.92 Å². The van der Waals surface area contributed by atoms with Crippen LogP contribution >= 0.6 is 0 Å². The highest BCUT2D eigenvalue weighted by molar-refractivity contribution is 5.79. The van der Waals surface area contributed by atoms with Crippen LogP contribution in [0.2, 0.25) is 0 Å². The smallest absolute Gasteiger partial charge is 0.0560 e. The summed E-state index contributed by atoms with van der Waals surface area (Å²) < 4.78 is 0. The minimum absolute atomic E-state index is 0.291. The third kappa shape index (κ3) is 6.29. The molecule has 0 aliphatic heterocycles. The molecule has 0 heterocycles. The maximum atomic E-state index is 2.44. The fraction of sp³-hybridized carbons (Fsp3) is 0.0909. The lowest BCUT2D eigenvalue weighted by atomic mass is 9.98. The molecule has 0 bridgehead atoms. The number of allylic oxidation sites excluding steroid dienone is 2. The monoisotopic (exact) mass is 594 g/mol. The molecule has 6 aromatic carbocycles. The van der Waals surface area contributed by atoms with Crippen LogP contribution in [0.3, 0.4) is 0 Å². The zero-order valence-electron chi connectivity index (χ0n) is 26.4. The van der Waals surface area contributed by atoms with E-state index in [9.17, 15) is 0 Å². The summed E-state index contributed by atoms with van der Waals surface area (Å²) in [5.41, 5.74) is 13.2. The molecule has 224 valence electrons. The quantitative estimate of drug-likeness (QED) is 0.173. The normalized spacial score (nSPS) is 14.0. The highest BCUT2D eigenvalue weighted by Crippen LogP contribution is 2.37. The Hall–Kier alpha value is -5.60. The SMILES string of the molecule is CC1=CCC(N(c2ccccc2)c2ccc(-c3ccc(-c4ccc(N(c5ccccc5)c5ccc(C)cc5)cc4)cc3)cc2)C=C1. The van der Waals surface area contributed by atoms with Crippen LogP contribution in [-0.2, 0) is 0 Å². The first kappa shape index (κ1) is 29.1. The first-order valence-corrected chi connectivity index (χ1v) is 16.0. The number of rotatable bonds is 8. The van der Waals surface area contributed by atoms with Gasteiger partial charge in [-0.1, -0.05) is 126 Å². The molecule has 0 spiro atoms. The summed E-state index contributed by atoms with van der Waals surface area (Å²) in [5.74, 6) is 0. The molecule has 0 amide bonds. The molecule has 2 heteroatoms. The first-order chi connectivity index (χ1) is 22.6. The minimum atomic E-state index is 0.291. The van der Waals surface area contributed by atoms with Gasteiger partial charge in [-0.15, -0.1) is 0 Å². The number of hydrogen-bond donors (Lipinski definition) is 0. The highest BCUT2D eigenvalue weighted by Gasteiger charge is 2.20. The number of hydrogen-bond acceptors (Lipinski definition) is 2. The van der Waals surface area contributed by atoms with E-state index in [4.69, 9.17) is 0 Å². The van der Waals surface area contributed by atoms with E-state index in [1.165, 1.54) is 44.8 Å². The van der Waals surface area contributed by atoms with Gasteiger partial charge >= 0.3 is 0 Å². The second kappa shape index (κ2) is 13.2. The van der Waals surface area contributed by atoms with Crippen molar-refractivity contribution < 1.29 is 0 Å². The summed E-state index contributed by atoms with van der Waals surface area (Å²) in [6.45, 7) is 4.29. The van der Waals surface area contributed by atoms with Crippen molar-refractivity contribution in [3.05, 3.63) is 187 Å². The average Bonchev–Trinajstić information content (AvgIpc) is 3.12. The molecule has 0 radical (unpaired) electrons. The molecule has 2 nitrogen and oxygen atoms in total. The van der Waals surface area contributed by atoms with Crippen molar-refractivity contribution in [3.8, 4) is 22.3 Å². The first-order valence-electron chi connectivity index (χ1n) is 16.0. The minimum Gasteiger partial charge on any atom is -0.334 e. The molecule has 46 heavy (non-hydrogen) atoms. The lowest BCUT2D eigenvalue weighted by molar-refractivity contribution is 0.779. The number of benzene rings is 6. The van der Waals surface area contributed by atoms with Crippen molar-refractivity contribution in [2.45, 2.75) is 26.3 Å². The van der Waals surface area contributed by atoms with Crippen molar-refractivity contribution in [2.24, 2.45) is 0 Å². The average molecular weight is 595 g/mol. The number of anilines is 5. The standard InChI is InChI=1S/C44H38N2/c1-33-13-25-41(26-14-33)45(39-9-5-3-6-10-39)43-29-21-37(22-30-43)35-17-19-36(20-18-35)38-23-31-44(32-24-38)46(40-11-7-4-8-12-40)42-27-15-34(2)16-28-42/h3-27,29-32,42H,28H2,1-2H3. The van der Waals surface area contributed by atoms with Gasteiger partial charge < -0.3 is 9.80 Å². The van der Waals surface area contributed by atoms with Crippen molar-refractivity contribution in [3.63, 3.8) is 0 Å². The van der Waals surface area contributed by atoms with Gasteiger partial charge in [0, 0.05) is 28.4 Å². The Kier molecular flexibility index (Phi) is 8.34. The Balaban J connectivity index is 1.11. The van der Waals surface area contributed by atoms with Crippen molar-refractivity contribution in [1.29, 1.82) is 0 Å². The zero-order valence-corrected chi connectivity index (χ0v) is 26.4. The molecule has 7 rings (SSSR count). The Morgan fingerprint density at radius 1 is 0.435 bits per heavy atom. The topological polar surface area (TPSA) is 6.48 Å². The predicted molar refractivity (Wildman–Crippen MR) is 197 cm³/mol. The van der Waals surface area contributed by atoms with Crippen molar-refractivity contribution >= 4 is 28.4 Å². The van der Waals surface area contributed by atoms with Gasteiger partial charge in [-0.3, -0.25) is 0 Å². The number of nitrogens with zero attached hydrogens (tertiary/aromatic N) is 2. The van der Waals surface area contributed by atoms with Crippen LogP contribution in [0.1, 0.15) is 18.9 Å². The van der Waals surface area contributed by atoms with E-state index in [-0.39, 0.29) is 0 Å². The Morgan fingerprint density at radius 3 is 1.30 bits per heavy atom. The molecule has 1 unspecified atom stereocenters. The maximum absolute atomic E-state index is 2.44. The van der Waals surface area contributed by atoms with Gasteiger partial charge in [0.15, 0.2) is 0 Å². The molecular formula is C44H38N2. The lowest BCUT2D eigenvalue weighted by Crippen LogP contribution is -2.30. The summed E-state index contributed by atoms with van der Waals surface area (Å²) in [7, 11) is 0. The van der Waals surface area contributed by atoms with Crippen LogP contribution in [-0.4, -0.2) is 6.04 Å². The third-order valence-electron chi connectivity index (χ3n) is 8.76. The fourth-order valence-corrected chi connectivity index (χ4v) is 6.22. The summed E-state index contributed by atoms with van der Waals surface area (Å²) in [4.78, 5) is 4.74. The molecule has 0 aromatic heterocycles. The number of para-hydroxylation sites is 2. The largest absolute Gasteiger partial charge is 0.334 e. The predicted octanol–water partition coefficient (Wildman–Crippen LogP) is 12.2. The Morgan fingerprint density at radius 2 is 0.826 bits per heavy atom. The van der Waals surface area contributed by atoms with Crippen LogP contribution in [0.5, 0.6) is 0 Å². The van der Waals surface area contributed by atoms with Gasteiger partial charge in [0.1, 0.15) is 0 Å².